The predicted molar refractivity (Wildman–Crippen MR) is 90.8 cm³/mol. The number of esters is 1. The third-order valence-corrected chi connectivity index (χ3v) is 6.60. The summed E-state index contributed by atoms with van der Waals surface area (Å²) in [4.78, 5) is 23.6. The quantitative estimate of drug-likeness (QED) is 0.522. The average molecular weight is 406 g/mol. The summed E-state index contributed by atoms with van der Waals surface area (Å²) in [6, 6.07) is 7.53. The number of carbonyl (C=O) groups excluding carboxylic acids is 2. The topological polar surface area (TPSA) is 80.8 Å². The van der Waals surface area contributed by atoms with Crippen LogP contribution in [0.3, 0.4) is 0 Å². The molecule has 0 saturated carbocycles. The van der Waals surface area contributed by atoms with Gasteiger partial charge in [-0.2, -0.15) is 4.31 Å². The lowest BCUT2D eigenvalue weighted by Crippen LogP contribution is -2.33. The molecule has 10 heteroatoms. The number of Topliss-reactive ketones (excluding diaryl/α,β-unsaturated/α-hetero) is 1. The molecule has 1 heterocycles. The van der Waals surface area contributed by atoms with Crippen molar-refractivity contribution in [3.63, 3.8) is 0 Å². The normalized spacial score (nSPS) is 11.5. The molecule has 0 unspecified atom stereocenters. The van der Waals surface area contributed by atoms with Gasteiger partial charge in [0.05, 0.1) is 4.34 Å². The molecular formula is C15H13ClFNO5S2. The van der Waals surface area contributed by atoms with Gasteiger partial charge in [0, 0.05) is 12.6 Å². The predicted octanol–water partition coefficient (Wildman–Crippen LogP) is 2.59. The van der Waals surface area contributed by atoms with Crippen LogP contribution in [0.5, 0.6) is 0 Å². The zero-order chi connectivity index (χ0) is 18.6. The molecule has 0 aliphatic carbocycles. The number of hydrogen-bond donors (Lipinski definition) is 0. The van der Waals surface area contributed by atoms with E-state index in [1.54, 1.807) is 0 Å². The molecule has 0 saturated heterocycles. The van der Waals surface area contributed by atoms with Crippen molar-refractivity contribution in [1.29, 1.82) is 0 Å². The Kier molecular flexibility index (Phi) is 6.28. The summed E-state index contributed by atoms with van der Waals surface area (Å²) in [5.74, 6) is -1.90. The van der Waals surface area contributed by atoms with E-state index in [1.165, 1.54) is 31.3 Å². The number of hydrogen-bond acceptors (Lipinski definition) is 6. The minimum absolute atomic E-state index is 0.00446. The highest BCUT2D eigenvalue weighted by atomic mass is 35.5. The number of ketones is 1. The second-order valence-corrected chi connectivity index (χ2v) is 8.90. The van der Waals surface area contributed by atoms with Gasteiger partial charge in [-0.1, -0.05) is 11.6 Å². The van der Waals surface area contributed by atoms with Gasteiger partial charge >= 0.3 is 5.97 Å². The van der Waals surface area contributed by atoms with Crippen LogP contribution in [-0.2, 0) is 19.6 Å². The van der Waals surface area contributed by atoms with Crippen molar-refractivity contribution >= 4 is 44.7 Å². The Morgan fingerprint density at radius 2 is 1.84 bits per heavy atom. The molecule has 0 amide bonds. The first kappa shape index (κ1) is 19.5. The van der Waals surface area contributed by atoms with Crippen LogP contribution >= 0.6 is 22.9 Å². The van der Waals surface area contributed by atoms with E-state index in [-0.39, 0.29) is 9.77 Å². The number of halogens is 2. The highest BCUT2D eigenvalue weighted by Crippen LogP contribution is 2.27. The van der Waals surface area contributed by atoms with E-state index >= 15 is 0 Å². The Labute approximate surface area is 152 Å². The molecule has 1 aromatic heterocycles. The van der Waals surface area contributed by atoms with Crippen molar-refractivity contribution in [2.75, 3.05) is 20.2 Å². The molecular weight excluding hydrogens is 393 g/mol. The fraction of sp³-hybridized carbons (Fsp3) is 0.200. The Morgan fingerprint density at radius 3 is 2.40 bits per heavy atom. The summed E-state index contributed by atoms with van der Waals surface area (Å²) in [6.07, 6.45) is 0. The summed E-state index contributed by atoms with van der Waals surface area (Å²) in [6.45, 7) is -1.13. The number of carbonyl (C=O) groups is 2. The number of thiophene rings is 1. The molecule has 0 aliphatic heterocycles. The molecule has 2 aromatic rings. The minimum atomic E-state index is -3.87. The van der Waals surface area contributed by atoms with Gasteiger partial charge in [0.2, 0.25) is 0 Å². The number of ether oxygens (including phenoxy) is 1. The van der Waals surface area contributed by atoms with Crippen molar-refractivity contribution in [3.8, 4) is 0 Å². The fourth-order valence-corrected chi connectivity index (χ4v) is 4.58. The van der Waals surface area contributed by atoms with E-state index in [0.717, 1.165) is 27.8 Å². The van der Waals surface area contributed by atoms with Crippen LogP contribution < -0.4 is 0 Å². The molecule has 6 nitrogen and oxygen atoms in total. The monoisotopic (exact) mass is 405 g/mol. The van der Waals surface area contributed by atoms with Gasteiger partial charge < -0.3 is 4.74 Å². The molecule has 2 rings (SSSR count). The van der Waals surface area contributed by atoms with Crippen LogP contribution in [0.25, 0.3) is 0 Å². The summed E-state index contributed by atoms with van der Waals surface area (Å²) >= 11 is 6.58. The van der Waals surface area contributed by atoms with E-state index in [4.69, 9.17) is 16.3 Å². The first-order valence-electron chi connectivity index (χ1n) is 6.86. The highest BCUT2D eigenvalue weighted by Gasteiger charge is 2.25. The molecule has 0 fully saturated rings. The molecule has 0 spiro atoms. The zero-order valence-electron chi connectivity index (χ0n) is 12.9. The fourth-order valence-electron chi connectivity index (χ4n) is 1.77. The molecule has 0 aliphatic rings. The SMILES string of the molecule is CN(CC(=O)OCC(=O)c1ccc(F)cc1)S(=O)(=O)c1ccc(Cl)s1. The van der Waals surface area contributed by atoms with Crippen molar-refractivity contribution in [2.24, 2.45) is 0 Å². The molecule has 0 atom stereocenters. The highest BCUT2D eigenvalue weighted by molar-refractivity contribution is 7.91. The number of sulfonamides is 1. The Bertz CT molecular complexity index is 880. The van der Waals surface area contributed by atoms with Gasteiger partial charge in [0.1, 0.15) is 16.6 Å². The van der Waals surface area contributed by atoms with E-state index in [0.29, 0.717) is 4.34 Å². The van der Waals surface area contributed by atoms with Gasteiger partial charge in [-0.25, -0.2) is 12.8 Å². The van der Waals surface area contributed by atoms with Crippen LogP contribution in [0.1, 0.15) is 10.4 Å². The van der Waals surface area contributed by atoms with Crippen LogP contribution in [0.2, 0.25) is 4.34 Å². The third-order valence-electron chi connectivity index (χ3n) is 3.10. The van der Waals surface area contributed by atoms with E-state index in [1.807, 2.05) is 0 Å². The summed E-state index contributed by atoms with van der Waals surface area (Å²) in [5, 5.41) is 0. The lowest BCUT2D eigenvalue weighted by Gasteiger charge is -2.15. The molecule has 134 valence electrons. The standard InChI is InChI=1S/C15H13ClFNO5S2/c1-18(25(21,22)15-7-6-13(16)24-15)8-14(20)23-9-12(19)10-2-4-11(17)5-3-10/h2-7H,8-9H2,1H3. The van der Waals surface area contributed by atoms with Gasteiger partial charge in [0.25, 0.3) is 10.0 Å². The van der Waals surface area contributed by atoms with Gasteiger partial charge in [-0.15, -0.1) is 11.3 Å². The van der Waals surface area contributed by atoms with E-state index < -0.39 is 40.7 Å². The lowest BCUT2D eigenvalue weighted by molar-refractivity contribution is -0.142. The van der Waals surface area contributed by atoms with Crippen molar-refractivity contribution < 1.29 is 27.1 Å². The summed E-state index contributed by atoms with van der Waals surface area (Å²) < 4.78 is 43.2. The summed E-state index contributed by atoms with van der Waals surface area (Å²) in [5.41, 5.74) is 0.184. The largest absolute Gasteiger partial charge is 0.456 e. The van der Waals surface area contributed by atoms with Crippen molar-refractivity contribution in [1.82, 2.24) is 4.31 Å². The van der Waals surface area contributed by atoms with E-state index in [9.17, 15) is 22.4 Å². The number of benzene rings is 1. The molecule has 1 aromatic carbocycles. The number of likely N-dealkylation sites (N-methyl/N-ethyl adjacent to an activating group) is 1. The van der Waals surface area contributed by atoms with Crippen LogP contribution in [0, 0.1) is 5.82 Å². The lowest BCUT2D eigenvalue weighted by atomic mass is 10.1. The zero-order valence-corrected chi connectivity index (χ0v) is 15.3. The van der Waals surface area contributed by atoms with E-state index in [2.05, 4.69) is 0 Å². The molecule has 25 heavy (non-hydrogen) atoms. The van der Waals surface area contributed by atoms with Crippen LogP contribution in [0.4, 0.5) is 4.39 Å². The molecule has 0 radical (unpaired) electrons. The van der Waals surface area contributed by atoms with Gasteiger partial charge in [0.15, 0.2) is 12.4 Å². The Hall–Kier alpha value is -1.81. The van der Waals surface area contributed by atoms with Gasteiger partial charge in [-0.3, -0.25) is 9.59 Å². The second-order valence-electron chi connectivity index (χ2n) is 4.91. The maximum Gasteiger partial charge on any atom is 0.321 e. The second kappa shape index (κ2) is 8.05. The molecule has 0 N–H and O–H groups in total. The summed E-state index contributed by atoms with van der Waals surface area (Å²) in [7, 11) is -2.65. The first-order valence-corrected chi connectivity index (χ1v) is 9.49. The average Bonchev–Trinajstić information content (AvgIpc) is 3.00. The van der Waals surface area contributed by atoms with Crippen molar-refractivity contribution in [3.05, 3.63) is 52.1 Å². The molecule has 0 bridgehead atoms. The van der Waals surface area contributed by atoms with Crippen molar-refractivity contribution in [2.45, 2.75) is 4.21 Å². The smallest absolute Gasteiger partial charge is 0.321 e. The minimum Gasteiger partial charge on any atom is -0.456 e. The van der Waals surface area contributed by atoms with Gasteiger partial charge in [-0.05, 0) is 36.4 Å². The first-order chi connectivity index (χ1) is 11.7. The number of nitrogens with zero attached hydrogens (tertiary/aromatic N) is 1. The van der Waals surface area contributed by atoms with Crippen LogP contribution in [0.15, 0.2) is 40.6 Å². The Morgan fingerprint density at radius 1 is 1.20 bits per heavy atom. The maximum absolute atomic E-state index is 12.8. The van der Waals surface area contributed by atoms with Crippen LogP contribution in [-0.4, -0.2) is 44.7 Å². The third kappa shape index (κ3) is 5.08. The number of rotatable bonds is 7. The maximum atomic E-state index is 12.8. The Balaban J connectivity index is 1.91.